The predicted octanol–water partition coefficient (Wildman–Crippen LogP) is 2.24. The highest BCUT2D eigenvalue weighted by atomic mass is 35.5. The summed E-state index contributed by atoms with van der Waals surface area (Å²) in [5.41, 5.74) is 1.31. The fraction of sp³-hybridized carbons (Fsp3) is 0.632. The minimum absolute atomic E-state index is 0. The Morgan fingerprint density at radius 3 is 2.81 bits per heavy atom. The summed E-state index contributed by atoms with van der Waals surface area (Å²) in [5.74, 6) is 0.691. The maximum atomic E-state index is 12.2. The van der Waals surface area contributed by atoms with Crippen LogP contribution < -0.4 is 10.6 Å². The lowest BCUT2D eigenvalue weighted by Gasteiger charge is -2.32. The lowest BCUT2D eigenvalue weighted by atomic mass is 10.00. The van der Waals surface area contributed by atoms with Crippen molar-refractivity contribution in [1.29, 1.82) is 0 Å². The third kappa shape index (κ3) is 7.80. The van der Waals surface area contributed by atoms with Crippen LogP contribution >= 0.6 is 24.8 Å². The van der Waals surface area contributed by atoms with E-state index in [1.807, 2.05) is 6.07 Å². The van der Waals surface area contributed by atoms with Crippen molar-refractivity contribution in [2.75, 3.05) is 39.3 Å². The van der Waals surface area contributed by atoms with E-state index in [9.17, 15) is 4.79 Å². The lowest BCUT2D eigenvalue weighted by Crippen LogP contribution is -2.45. The first-order valence-electron chi connectivity index (χ1n) is 9.15. The summed E-state index contributed by atoms with van der Waals surface area (Å²) in [6.07, 6.45) is 2.89. The molecule has 26 heavy (non-hydrogen) atoms. The van der Waals surface area contributed by atoms with Crippen LogP contribution in [0.2, 0.25) is 0 Å². The monoisotopic (exact) mass is 403 g/mol. The van der Waals surface area contributed by atoms with Crippen LogP contribution in [0.15, 0.2) is 30.3 Å². The number of carbonyl (C=O) groups is 1. The quantitative estimate of drug-likeness (QED) is 0.764. The summed E-state index contributed by atoms with van der Waals surface area (Å²) in [4.78, 5) is 14.6. The van der Waals surface area contributed by atoms with Crippen molar-refractivity contribution in [3.8, 4) is 0 Å². The number of nitrogens with one attached hydrogen (secondary N) is 2. The van der Waals surface area contributed by atoms with Crippen LogP contribution in [0.4, 0.5) is 0 Å². The number of benzene rings is 1. The molecule has 2 saturated heterocycles. The van der Waals surface area contributed by atoms with E-state index in [-0.39, 0.29) is 36.8 Å². The molecule has 0 radical (unpaired) electrons. The molecule has 148 valence electrons. The van der Waals surface area contributed by atoms with E-state index in [1.165, 1.54) is 18.4 Å². The normalized spacial score (nSPS) is 23.4. The van der Waals surface area contributed by atoms with Crippen LogP contribution in [0.5, 0.6) is 0 Å². The molecule has 2 fully saturated rings. The Morgan fingerprint density at radius 2 is 2.08 bits per heavy atom. The number of ether oxygens (including phenoxy) is 1. The van der Waals surface area contributed by atoms with Gasteiger partial charge in [-0.25, -0.2) is 0 Å². The first kappa shape index (κ1) is 23.2. The van der Waals surface area contributed by atoms with Crippen molar-refractivity contribution < 1.29 is 9.53 Å². The van der Waals surface area contributed by atoms with Gasteiger partial charge in [-0.05, 0) is 37.4 Å². The fourth-order valence-corrected chi connectivity index (χ4v) is 3.52. The molecule has 3 rings (SSSR count). The topological polar surface area (TPSA) is 53.6 Å². The standard InChI is InChI=1S/C19H29N3O2.2ClH/c23-19(21-13-17-7-4-8-20-12-17)11-18-15-22(9-10-24-18)14-16-5-2-1-3-6-16;;/h1-3,5-6,17-18,20H,4,7-15H2,(H,21,23);2*1H. The van der Waals surface area contributed by atoms with Gasteiger partial charge in [0.2, 0.25) is 5.91 Å². The molecule has 0 bridgehead atoms. The Labute approximate surface area is 169 Å². The summed E-state index contributed by atoms with van der Waals surface area (Å²) in [6.45, 7) is 6.30. The first-order chi connectivity index (χ1) is 11.8. The average Bonchev–Trinajstić information content (AvgIpc) is 2.62. The Kier molecular flexibility index (Phi) is 11.2. The molecule has 2 heterocycles. The molecular weight excluding hydrogens is 373 g/mol. The molecule has 2 aliphatic heterocycles. The van der Waals surface area contributed by atoms with Crippen molar-refractivity contribution in [1.82, 2.24) is 15.5 Å². The number of amides is 1. The van der Waals surface area contributed by atoms with Gasteiger partial charge in [0.1, 0.15) is 0 Å². The van der Waals surface area contributed by atoms with E-state index in [0.717, 1.165) is 39.3 Å². The summed E-state index contributed by atoms with van der Waals surface area (Å²) >= 11 is 0. The van der Waals surface area contributed by atoms with Crippen LogP contribution in [-0.2, 0) is 16.1 Å². The van der Waals surface area contributed by atoms with Gasteiger partial charge in [-0.15, -0.1) is 24.8 Å². The zero-order valence-electron chi connectivity index (χ0n) is 15.2. The molecular formula is C19H31Cl2N3O2. The number of nitrogens with zero attached hydrogens (tertiary/aromatic N) is 1. The van der Waals surface area contributed by atoms with Crippen molar-refractivity contribution in [2.24, 2.45) is 5.92 Å². The van der Waals surface area contributed by atoms with E-state index in [2.05, 4.69) is 39.8 Å². The van der Waals surface area contributed by atoms with E-state index in [1.54, 1.807) is 0 Å². The van der Waals surface area contributed by atoms with Crippen LogP contribution in [0, 0.1) is 5.92 Å². The lowest BCUT2D eigenvalue weighted by molar-refractivity contribution is -0.126. The van der Waals surface area contributed by atoms with Gasteiger partial charge in [0.15, 0.2) is 0 Å². The summed E-state index contributed by atoms with van der Waals surface area (Å²) in [5, 5.41) is 6.47. The van der Waals surface area contributed by atoms with Gasteiger partial charge in [-0.3, -0.25) is 9.69 Å². The van der Waals surface area contributed by atoms with Gasteiger partial charge in [0.05, 0.1) is 19.1 Å². The first-order valence-corrected chi connectivity index (χ1v) is 9.15. The third-order valence-corrected chi connectivity index (χ3v) is 4.87. The zero-order valence-corrected chi connectivity index (χ0v) is 16.8. The molecule has 0 aromatic heterocycles. The van der Waals surface area contributed by atoms with Gasteiger partial charge in [0, 0.05) is 26.2 Å². The minimum Gasteiger partial charge on any atom is -0.375 e. The average molecular weight is 404 g/mol. The van der Waals surface area contributed by atoms with E-state index in [0.29, 0.717) is 18.9 Å². The summed E-state index contributed by atoms with van der Waals surface area (Å²) in [6, 6.07) is 10.5. The molecule has 2 aliphatic rings. The molecule has 1 aromatic carbocycles. The van der Waals surface area contributed by atoms with Gasteiger partial charge in [0.25, 0.3) is 0 Å². The number of carbonyl (C=O) groups excluding carboxylic acids is 1. The molecule has 5 nitrogen and oxygen atoms in total. The number of hydrogen-bond donors (Lipinski definition) is 2. The summed E-state index contributed by atoms with van der Waals surface area (Å²) in [7, 11) is 0. The molecule has 0 aliphatic carbocycles. The highest BCUT2D eigenvalue weighted by molar-refractivity contribution is 5.85. The molecule has 1 aromatic rings. The van der Waals surface area contributed by atoms with Crippen molar-refractivity contribution in [2.45, 2.75) is 31.9 Å². The van der Waals surface area contributed by atoms with Crippen LogP contribution in [-0.4, -0.2) is 56.2 Å². The number of morpholine rings is 1. The fourth-order valence-electron chi connectivity index (χ4n) is 3.52. The Hall–Kier alpha value is -0.850. The molecule has 2 N–H and O–H groups in total. The van der Waals surface area contributed by atoms with E-state index >= 15 is 0 Å². The smallest absolute Gasteiger partial charge is 0.222 e. The number of hydrogen-bond acceptors (Lipinski definition) is 4. The van der Waals surface area contributed by atoms with Crippen LogP contribution in [0.25, 0.3) is 0 Å². The number of rotatable bonds is 6. The molecule has 0 saturated carbocycles. The Morgan fingerprint density at radius 1 is 1.27 bits per heavy atom. The Bertz CT molecular complexity index is 513. The molecule has 1 amide bonds. The molecule has 7 heteroatoms. The largest absolute Gasteiger partial charge is 0.375 e. The second-order valence-corrected chi connectivity index (χ2v) is 6.93. The summed E-state index contributed by atoms with van der Waals surface area (Å²) < 4.78 is 5.79. The molecule has 2 atom stereocenters. The van der Waals surface area contributed by atoms with Gasteiger partial charge >= 0.3 is 0 Å². The maximum Gasteiger partial charge on any atom is 0.222 e. The second kappa shape index (κ2) is 12.5. The highest BCUT2D eigenvalue weighted by Crippen LogP contribution is 2.13. The number of halogens is 2. The highest BCUT2D eigenvalue weighted by Gasteiger charge is 2.23. The van der Waals surface area contributed by atoms with Crippen LogP contribution in [0.3, 0.4) is 0 Å². The molecule has 2 unspecified atom stereocenters. The number of piperidine rings is 1. The van der Waals surface area contributed by atoms with Crippen molar-refractivity contribution in [3.05, 3.63) is 35.9 Å². The van der Waals surface area contributed by atoms with E-state index in [4.69, 9.17) is 4.74 Å². The van der Waals surface area contributed by atoms with Crippen molar-refractivity contribution >= 4 is 30.7 Å². The van der Waals surface area contributed by atoms with Crippen LogP contribution in [0.1, 0.15) is 24.8 Å². The Balaban J connectivity index is 0.00000169. The van der Waals surface area contributed by atoms with Crippen molar-refractivity contribution in [3.63, 3.8) is 0 Å². The van der Waals surface area contributed by atoms with Gasteiger partial charge in [-0.2, -0.15) is 0 Å². The molecule has 0 spiro atoms. The second-order valence-electron chi connectivity index (χ2n) is 6.93. The minimum atomic E-state index is 0. The zero-order chi connectivity index (χ0) is 16.6. The maximum absolute atomic E-state index is 12.2. The predicted molar refractivity (Wildman–Crippen MR) is 109 cm³/mol. The SMILES string of the molecule is Cl.Cl.O=C(CC1CN(Cc2ccccc2)CCO1)NCC1CCCNC1. The third-order valence-electron chi connectivity index (χ3n) is 4.87. The van der Waals surface area contributed by atoms with Gasteiger partial charge < -0.3 is 15.4 Å². The van der Waals surface area contributed by atoms with Gasteiger partial charge in [-0.1, -0.05) is 30.3 Å². The van der Waals surface area contributed by atoms with E-state index < -0.39 is 0 Å².